The number of aliphatic imine (C=N–C) groups is 15. The van der Waals surface area contributed by atoms with Crippen molar-refractivity contribution in [1.29, 1.82) is 5.41 Å². The summed E-state index contributed by atoms with van der Waals surface area (Å²) in [7, 11) is 0. The van der Waals surface area contributed by atoms with Gasteiger partial charge in [-0.2, -0.15) is 11.8 Å². The summed E-state index contributed by atoms with van der Waals surface area (Å²) < 4.78 is 0. The maximum atomic E-state index is 13.6. The van der Waals surface area contributed by atoms with E-state index in [1.165, 1.54) is 40.9 Å². The minimum Gasteiger partial charge on any atom is -0.508 e. The van der Waals surface area contributed by atoms with Gasteiger partial charge in [0.15, 0.2) is 5.90 Å². The summed E-state index contributed by atoms with van der Waals surface area (Å²) in [6.45, 7) is 2.89. The third kappa shape index (κ3) is 40.3. The second-order valence-electron chi connectivity index (χ2n) is 35.1. The molecule has 0 aliphatic carbocycles. The first kappa shape index (κ1) is 120. The van der Waals surface area contributed by atoms with Gasteiger partial charge < -0.3 is 143 Å². The lowest BCUT2D eigenvalue weighted by Gasteiger charge is -2.24. The minimum atomic E-state index is -2.12. The van der Waals surface area contributed by atoms with Gasteiger partial charge in [0, 0.05) is 105 Å². The highest BCUT2D eigenvalue weighted by atomic mass is 32.2. The number of rotatable bonds is 65. The molecule has 812 valence electrons. The van der Waals surface area contributed by atoms with Crippen LogP contribution in [0, 0.1) is 11.3 Å². The lowest BCUT2D eigenvalue weighted by molar-refractivity contribution is -0.138. The molecule has 0 spiro atoms. The molecule has 6 aromatic rings. The molecule has 150 heavy (non-hydrogen) atoms. The van der Waals surface area contributed by atoms with Gasteiger partial charge in [-0.05, 0) is 136 Å². The standard InChI is InChI=1S/C97H126N20O32S/c1-49(2)39-68(114-95(147)71(43-54-46-101-60-18-11-9-16-57(54)60)116-97(149)73-19-12-37-117(73)75(120)48-103-85(137)58(98)24-30-76(121)122)93(145)110-65(29-35-81(131)132)91(143)109-64(28-34-80(129)130)90(142)108-63(27-33-79(127)128)89(141)107-62(26-32-78(125)126)88(140)106-61(25-31-77(123)124)87(139)104-50(3)84(136)113-69(41-52-20-22-55(118)23-21-52)86(138)102-47-74(119)105-70(42-53-45-100-59-17-10-8-15-56(53)59)94(146)111-66(36-38-150-4)92(144)115-72(44-82(133)134)96(148)112-67(83(99)135)40-51-13-6-5-7-14-51/h5-11,13-18,20-23,45-46,49-50,58,61-73,100-101,118H,12,19,24-44,47-48,98H2,1-4H3,(H2,99,135)(H,102,138)(H,103,137)(H,104,139)(H,105,119)(H,106,140)(H,107,141)(H,108,142)(H,109,143)(H,110,145)(H,111,146)(H,112,148)(H,113,136)(H,114,147)(H,115,144)(H,116,149)(H,121,122)(H,123,124)(H,125,126)(H,127,128)(H,129,130)(H,131,132)(H,133,134). The van der Waals surface area contributed by atoms with Crippen molar-refractivity contribution in [3.63, 3.8) is 0 Å². The number of carboxylic acid groups (broad SMARTS) is 7. The number of phenols is 1. The van der Waals surface area contributed by atoms with Crippen LogP contribution in [0.5, 0.6) is 5.75 Å². The van der Waals surface area contributed by atoms with E-state index in [2.05, 4.69) is 84.9 Å². The number of H-pyrrole nitrogens is 2. The molecule has 2 aromatic heterocycles. The van der Waals surface area contributed by atoms with Gasteiger partial charge in [0.1, 0.15) is 103 Å². The SMILES string of the molecule is CSCCC(N=C(O)C(Cc1c[nH]c2ccccc12)N=C(O)CN=C(O)C(Cc1ccc(O)cc1)N=C(O)C(C)N=C(O)C(CCC(=O)O)N=C(O)C(CCC(=O)O)N=C(O)C(CCC(=O)O)N=C(O)C(CCC(=O)O)N=C(O)C(CCC(=O)O)N=C(O)C(CC(C)C)N=C(O)C(Cc1c[nH]c2ccccc12)N=C(O)C1CCCN1C(=O)CN=C(O)C(N)CCC(=O)O)C(O)=NC(CC(=O)O)C(O)=NC(Cc1ccccc1)C(=N)O. The second-order valence-corrected chi connectivity index (χ2v) is 36.1. The molecule has 15 unspecified atom stereocenters. The molecular weight excluding hydrogens is 1990 g/mol. The molecule has 3 heterocycles. The molecule has 7 rings (SSSR count). The van der Waals surface area contributed by atoms with Crippen LogP contribution in [0.3, 0.4) is 0 Å². The topological polar surface area (TPSA) is 892 Å². The van der Waals surface area contributed by atoms with Crippen LogP contribution in [0.1, 0.15) is 152 Å². The molecule has 1 amide bonds. The third-order valence-corrected chi connectivity index (χ3v) is 23.7. The highest BCUT2D eigenvalue weighted by Gasteiger charge is 2.37. The van der Waals surface area contributed by atoms with Crippen LogP contribution in [0.2, 0.25) is 0 Å². The minimum absolute atomic E-state index is 0.0656. The van der Waals surface area contributed by atoms with E-state index in [-0.39, 0.29) is 69.4 Å². The number of aliphatic hydroxyl groups excluding tert-OH is 16. The van der Waals surface area contributed by atoms with E-state index >= 15 is 0 Å². The molecule has 53 heteroatoms. The number of aromatic nitrogens is 2. The van der Waals surface area contributed by atoms with Gasteiger partial charge in [0.25, 0.3) is 0 Å². The van der Waals surface area contributed by atoms with Gasteiger partial charge in [-0.3, -0.25) is 43.8 Å². The largest absolute Gasteiger partial charge is 0.508 e. The van der Waals surface area contributed by atoms with Crippen molar-refractivity contribution in [2.45, 2.75) is 246 Å². The molecule has 0 bridgehead atoms. The first-order valence-corrected chi connectivity index (χ1v) is 48.6. The number of aromatic hydroxyl groups is 1. The van der Waals surface area contributed by atoms with Crippen molar-refractivity contribution in [1.82, 2.24) is 14.9 Å². The number of fused-ring (bicyclic) bond motifs is 2. The number of aliphatic hydroxyl groups is 16. The van der Waals surface area contributed by atoms with Crippen molar-refractivity contribution in [2.75, 3.05) is 31.6 Å². The number of carbonyl (C=O) groups excluding carboxylic acids is 1. The fourth-order valence-corrected chi connectivity index (χ4v) is 15.7. The van der Waals surface area contributed by atoms with E-state index in [9.17, 15) is 156 Å². The Hall–Kier alpha value is -16.6. The average Bonchev–Trinajstić information content (AvgIpc) is 1.67. The summed E-state index contributed by atoms with van der Waals surface area (Å²) in [6.07, 6.45) is -6.18. The fourth-order valence-electron chi connectivity index (χ4n) is 15.2. The van der Waals surface area contributed by atoms with Gasteiger partial charge in [0.05, 0.1) is 12.5 Å². The van der Waals surface area contributed by atoms with Crippen molar-refractivity contribution < 1.29 is 161 Å². The number of phenolic OH excluding ortho intramolecular Hbond substituents is 1. The Bertz CT molecular complexity index is 6130. The second kappa shape index (κ2) is 59.8. The van der Waals surface area contributed by atoms with E-state index in [0.29, 0.717) is 50.5 Å². The van der Waals surface area contributed by atoms with Crippen LogP contribution in [-0.4, -0.2) is 402 Å². The Balaban J connectivity index is 1.23. The third-order valence-electron chi connectivity index (χ3n) is 23.0. The number of aromatic amines is 2. The number of thioether (sulfide) groups is 1. The van der Waals surface area contributed by atoms with Crippen molar-refractivity contribution >= 4 is 176 Å². The zero-order valence-electron chi connectivity index (χ0n) is 82.0. The van der Waals surface area contributed by atoms with E-state index in [0.717, 1.165) is 6.92 Å². The number of nitrogens with one attached hydrogen (secondary N) is 3. The number of nitrogens with two attached hydrogens (primary N) is 1. The van der Waals surface area contributed by atoms with Crippen LogP contribution in [-0.2, 0) is 64.0 Å². The molecule has 0 saturated carbocycles. The van der Waals surface area contributed by atoms with Gasteiger partial charge in [-0.25, -0.2) is 74.9 Å². The number of hydrogen-bond donors (Lipinski definition) is 28. The Morgan fingerprint density at radius 2 is 0.740 bits per heavy atom. The Morgan fingerprint density at radius 1 is 0.380 bits per heavy atom. The smallest absolute Gasteiger partial charge is 0.306 e. The summed E-state index contributed by atoms with van der Waals surface area (Å²) in [5.74, 6) is -27.9. The fraction of sp³-hybridized carbons (Fsp3) is 0.464. The molecular formula is C97H126N20O32S. The van der Waals surface area contributed by atoms with Crippen molar-refractivity contribution in [3.05, 3.63) is 138 Å². The monoisotopic (exact) mass is 2110 g/mol. The van der Waals surface area contributed by atoms with Crippen LogP contribution in [0.4, 0.5) is 0 Å². The highest BCUT2D eigenvalue weighted by Crippen LogP contribution is 2.28. The van der Waals surface area contributed by atoms with Gasteiger partial charge in [-0.1, -0.05) is 92.7 Å². The Morgan fingerprint density at radius 3 is 1.18 bits per heavy atom. The van der Waals surface area contributed by atoms with Crippen LogP contribution in [0.25, 0.3) is 21.8 Å². The van der Waals surface area contributed by atoms with Crippen molar-refractivity contribution in [2.24, 2.45) is 86.5 Å². The maximum absolute atomic E-state index is 13.6. The number of carboxylic acids is 7. The summed E-state index contributed by atoms with van der Waals surface area (Å²) in [6, 6.07) is 1.97. The van der Waals surface area contributed by atoms with Gasteiger partial charge in [0.2, 0.25) is 94.4 Å². The highest BCUT2D eigenvalue weighted by molar-refractivity contribution is 7.98. The Labute approximate surface area is 860 Å². The lowest BCUT2D eigenvalue weighted by atomic mass is 10.0. The normalized spacial score (nSPS) is 17.5. The van der Waals surface area contributed by atoms with Crippen LogP contribution < -0.4 is 5.73 Å². The number of carbonyl (C=O) groups is 8. The maximum Gasteiger partial charge on any atom is 0.306 e. The number of hydrogen-bond acceptors (Lipinski definition) is 27. The molecule has 4 aromatic carbocycles. The summed E-state index contributed by atoms with van der Waals surface area (Å²) in [4.78, 5) is 167. The molecule has 1 saturated heterocycles. The van der Waals surface area contributed by atoms with Crippen molar-refractivity contribution in [3.8, 4) is 5.75 Å². The number of nitrogens with zero attached hydrogens (tertiary/aromatic N) is 16. The molecule has 1 aliphatic rings. The first-order chi connectivity index (χ1) is 71.1. The van der Waals surface area contributed by atoms with Crippen LogP contribution in [0.15, 0.2) is 190 Å². The molecule has 29 N–H and O–H groups in total. The molecule has 1 aliphatic heterocycles. The van der Waals surface area contributed by atoms with E-state index in [4.69, 9.17) is 16.2 Å². The Kier molecular flexibility index (Phi) is 48.0. The predicted octanol–water partition coefficient (Wildman–Crippen LogP) is 10.1. The molecule has 1 fully saturated rings. The van der Waals surface area contributed by atoms with Gasteiger partial charge in [-0.15, -0.1) is 0 Å². The zero-order chi connectivity index (χ0) is 111. The van der Waals surface area contributed by atoms with Gasteiger partial charge >= 0.3 is 41.8 Å². The molecule has 52 nitrogen and oxygen atoms in total. The quantitative estimate of drug-likeness (QED) is 0.0125. The lowest BCUT2D eigenvalue weighted by Crippen LogP contribution is -2.43. The number of para-hydroxylation sites is 2. The number of likely N-dealkylation sites (tertiary alicyclic amines) is 1. The van der Waals surface area contributed by atoms with E-state index in [1.807, 2.05) is 0 Å². The molecule has 15 atom stereocenters. The number of amides is 1. The summed E-state index contributed by atoms with van der Waals surface area (Å²) in [5, 5.41) is 274. The zero-order valence-corrected chi connectivity index (χ0v) is 82.8. The van der Waals surface area contributed by atoms with E-state index in [1.54, 1.807) is 111 Å². The number of aliphatic carboxylic acids is 7. The number of benzene rings is 4. The molecule has 0 radical (unpaired) electrons. The summed E-state index contributed by atoms with van der Waals surface area (Å²) in [5.41, 5.74) is 9.03. The van der Waals surface area contributed by atoms with E-state index < -0.39 is 329 Å². The van der Waals surface area contributed by atoms with Crippen LogP contribution >= 0.6 is 11.8 Å². The summed E-state index contributed by atoms with van der Waals surface area (Å²) >= 11 is 1.27. The first-order valence-electron chi connectivity index (χ1n) is 47.2. The predicted molar refractivity (Wildman–Crippen MR) is 561 cm³/mol. The average molecular weight is 2120 g/mol.